The molecule has 0 radical (unpaired) electrons. The van der Waals surface area contributed by atoms with Crippen molar-refractivity contribution >= 4 is 28.9 Å². The van der Waals surface area contributed by atoms with Gasteiger partial charge < -0.3 is 11.1 Å². The molecule has 19 heavy (non-hydrogen) atoms. The Morgan fingerprint density at radius 2 is 1.95 bits per heavy atom. The van der Waals surface area contributed by atoms with Gasteiger partial charge in [-0.15, -0.1) is 0 Å². The maximum Gasteiger partial charge on any atom is 0.257 e. The van der Waals surface area contributed by atoms with Gasteiger partial charge in [-0.25, -0.2) is 8.78 Å². The van der Waals surface area contributed by atoms with Gasteiger partial charge in [0.15, 0.2) is 5.82 Å². The van der Waals surface area contributed by atoms with Crippen LogP contribution in [0, 0.1) is 11.6 Å². The van der Waals surface area contributed by atoms with E-state index < -0.39 is 17.5 Å². The lowest BCUT2D eigenvalue weighted by atomic mass is 10.1. The van der Waals surface area contributed by atoms with Crippen molar-refractivity contribution in [1.82, 2.24) is 0 Å². The fourth-order valence-corrected chi connectivity index (χ4v) is 1.70. The van der Waals surface area contributed by atoms with Crippen LogP contribution in [0.5, 0.6) is 0 Å². The lowest BCUT2D eigenvalue weighted by Crippen LogP contribution is -2.15. The molecule has 2 aromatic carbocycles. The van der Waals surface area contributed by atoms with Crippen molar-refractivity contribution in [1.29, 1.82) is 0 Å². The van der Waals surface area contributed by atoms with Gasteiger partial charge in [-0.2, -0.15) is 0 Å². The Labute approximate surface area is 113 Å². The monoisotopic (exact) mass is 282 g/mol. The van der Waals surface area contributed by atoms with Crippen molar-refractivity contribution in [3.8, 4) is 0 Å². The number of hydrogen-bond acceptors (Lipinski definition) is 2. The third kappa shape index (κ3) is 2.82. The van der Waals surface area contributed by atoms with E-state index in [4.69, 9.17) is 17.3 Å². The molecule has 0 atom stereocenters. The summed E-state index contributed by atoms with van der Waals surface area (Å²) >= 11 is 5.59. The van der Waals surface area contributed by atoms with Crippen molar-refractivity contribution in [2.24, 2.45) is 0 Å². The van der Waals surface area contributed by atoms with E-state index in [0.717, 1.165) is 12.1 Å². The molecule has 0 aliphatic carbocycles. The summed E-state index contributed by atoms with van der Waals surface area (Å²) in [5, 5.41) is 2.22. The molecular formula is C13H9ClF2N2O. The van der Waals surface area contributed by atoms with Crippen LogP contribution in [0.15, 0.2) is 36.4 Å². The van der Waals surface area contributed by atoms with Crippen molar-refractivity contribution in [2.45, 2.75) is 0 Å². The highest BCUT2D eigenvalue weighted by molar-refractivity contribution is 6.31. The number of rotatable bonds is 2. The molecule has 3 nitrogen and oxygen atoms in total. The molecule has 0 bridgehead atoms. The molecule has 0 heterocycles. The summed E-state index contributed by atoms with van der Waals surface area (Å²) in [6, 6.07) is 7.55. The SMILES string of the molecule is Nc1cc(F)ccc1C(=O)Nc1cccc(Cl)c1F. The van der Waals surface area contributed by atoms with Gasteiger partial charge in [-0.1, -0.05) is 17.7 Å². The van der Waals surface area contributed by atoms with Crippen LogP contribution in [0.3, 0.4) is 0 Å². The van der Waals surface area contributed by atoms with Crippen LogP contribution in [0.25, 0.3) is 0 Å². The zero-order valence-corrected chi connectivity index (χ0v) is 10.3. The van der Waals surface area contributed by atoms with Crippen molar-refractivity contribution in [3.05, 3.63) is 58.6 Å². The van der Waals surface area contributed by atoms with Gasteiger partial charge in [0.2, 0.25) is 0 Å². The van der Waals surface area contributed by atoms with Gasteiger partial charge >= 0.3 is 0 Å². The predicted octanol–water partition coefficient (Wildman–Crippen LogP) is 3.45. The highest BCUT2D eigenvalue weighted by Gasteiger charge is 2.13. The van der Waals surface area contributed by atoms with Crippen LogP contribution in [0.1, 0.15) is 10.4 Å². The van der Waals surface area contributed by atoms with Gasteiger partial charge in [0.25, 0.3) is 5.91 Å². The standard InChI is InChI=1S/C13H9ClF2N2O/c14-9-2-1-3-11(12(9)16)18-13(19)8-5-4-7(15)6-10(8)17/h1-6H,17H2,(H,18,19). The lowest BCUT2D eigenvalue weighted by molar-refractivity contribution is 0.102. The fraction of sp³-hybridized carbons (Fsp3) is 0. The number of amides is 1. The molecule has 6 heteroatoms. The first-order valence-electron chi connectivity index (χ1n) is 5.29. The third-order valence-electron chi connectivity index (χ3n) is 2.46. The van der Waals surface area contributed by atoms with E-state index in [2.05, 4.69) is 5.32 Å². The summed E-state index contributed by atoms with van der Waals surface area (Å²) in [7, 11) is 0. The first-order chi connectivity index (χ1) is 8.99. The number of nitrogen functional groups attached to an aromatic ring is 1. The number of halogens is 3. The quantitative estimate of drug-likeness (QED) is 0.829. The maximum atomic E-state index is 13.6. The zero-order chi connectivity index (χ0) is 14.0. The Balaban J connectivity index is 2.28. The van der Waals surface area contributed by atoms with Crippen molar-refractivity contribution in [2.75, 3.05) is 11.1 Å². The van der Waals surface area contributed by atoms with E-state index in [1.165, 1.54) is 24.3 Å². The van der Waals surface area contributed by atoms with Gasteiger partial charge in [0.05, 0.1) is 16.3 Å². The van der Waals surface area contributed by atoms with E-state index in [9.17, 15) is 13.6 Å². The average Bonchev–Trinajstić information content (AvgIpc) is 2.34. The maximum absolute atomic E-state index is 13.6. The molecule has 2 aromatic rings. The number of benzene rings is 2. The molecule has 0 aliphatic heterocycles. The minimum atomic E-state index is -0.738. The minimum Gasteiger partial charge on any atom is -0.398 e. The van der Waals surface area contributed by atoms with E-state index in [1.807, 2.05) is 0 Å². The Morgan fingerprint density at radius 3 is 2.63 bits per heavy atom. The van der Waals surface area contributed by atoms with Crippen LogP contribution in [-0.2, 0) is 0 Å². The van der Waals surface area contributed by atoms with E-state index in [1.54, 1.807) is 0 Å². The molecule has 0 aliphatic rings. The lowest BCUT2D eigenvalue weighted by Gasteiger charge is -2.09. The molecule has 0 saturated carbocycles. The summed E-state index contributed by atoms with van der Waals surface area (Å²) in [5.41, 5.74) is 5.48. The second kappa shape index (κ2) is 5.24. The Morgan fingerprint density at radius 1 is 1.21 bits per heavy atom. The van der Waals surface area contributed by atoms with E-state index in [-0.39, 0.29) is 22.0 Å². The molecule has 0 saturated heterocycles. The molecule has 2 rings (SSSR count). The molecule has 0 unspecified atom stereocenters. The molecule has 1 amide bonds. The van der Waals surface area contributed by atoms with Gasteiger partial charge in [0, 0.05) is 5.69 Å². The number of hydrogen-bond donors (Lipinski definition) is 2. The molecule has 0 aromatic heterocycles. The van der Waals surface area contributed by atoms with Crippen LogP contribution in [-0.4, -0.2) is 5.91 Å². The summed E-state index contributed by atoms with van der Waals surface area (Å²) in [4.78, 5) is 11.9. The van der Waals surface area contributed by atoms with Gasteiger partial charge in [-0.05, 0) is 30.3 Å². The minimum absolute atomic E-state index is 0.0278. The predicted molar refractivity (Wildman–Crippen MR) is 70.2 cm³/mol. The topological polar surface area (TPSA) is 55.1 Å². The summed E-state index contributed by atoms with van der Waals surface area (Å²) in [6.07, 6.45) is 0. The average molecular weight is 283 g/mol. The van der Waals surface area contributed by atoms with Crippen LogP contribution >= 0.6 is 11.6 Å². The second-order valence-electron chi connectivity index (χ2n) is 3.79. The smallest absolute Gasteiger partial charge is 0.257 e. The molecular weight excluding hydrogens is 274 g/mol. The van der Waals surface area contributed by atoms with Crippen molar-refractivity contribution < 1.29 is 13.6 Å². The number of carbonyl (C=O) groups is 1. The zero-order valence-electron chi connectivity index (χ0n) is 9.58. The normalized spacial score (nSPS) is 10.3. The first kappa shape index (κ1) is 13.3. The Hall–Kier alpha value is -2.14. The number of anilines is 2. The summed E-state index contributed by atoms with van der Waals surface area (Å²) in [5.74, 6) is -1.93. The molecule has 3 N–H and O–H groups in total. The second-order valence-corrected chi connectivity index (χ2v) is 4.19. The van der Waals surface area contributed by atoms with Crippen LogP contribution in [0.2, 0.25) is 5.02 Å². The summed E-state index contributed by atoms with van der Waals surface area (Å²) in [6.45, 7) is 0. The van der Waals surface area contributed by atoms with E-state index >= 15 is 0 Å². The van der Waals surface area contributed by atoms with Crippen molar-refractivity contribution in [3.63, 3.8) is 0 Å². The fourth-order valence-electron chi connectivity index (χ4n) is 1.53. The highest BCUT2D eigenvalue weighted by Crippen LogP contribution is 2.23. The van der Waals surface area contributed by atoms with Gasteiger partial charge in [0.1, 0.15) is 5.82 Å². The van der Waals surface area contributed by atoms with E-state index in [0.29, 0.717) is 0 Å². The molecule has 0 spiro atoms. The highest BCUT2D eigenvalue weighted by atomic mass is 35.5. The van der Waals surface area contributed by atoms with Crippen LogP contribution < -0.4 is 11.1 Å². The number of nitrogens with two attached hydrogens (primary N) is 1. The van der Waals surface area contributed by atoms with Crippen LogP contribution in [0.4, 0.5) is 20.2 Å². The Kier molecular flexibility index (Phi) is 3.66. The largest absolute Gasteiger partial charge is 0.398 e. The molecule has 0 fully saturated rings. The molecule has 98 valence electrons. The first-order valence-corrected chi connectivity index (χ1v) is 5.67. The number of nitrogens with one attached hydrogen (secondary N) is 1. The summed E-state index contributed by atoms with van der Waals surface area (Å²) < 4.78 is 26.5. The number of carbonyl (C=O) groups excluding carboxylic acids is 1. The Bertz CT molecular complexity index is 647. The third-order valence-corrected chi connectivity index (χ3v) is 2.75. The van der Waals surface area contributed by atoms with Gasteiger partial charge in [-0.3, -0.25) is 4.79 Å².